The molecule has 1 aliphatic rings. The van der Waals surface area contributed by atoms with Crippen LogP contribution < -0.4 is 14.8 Å². The Labute approximate surface area is 114 Å². The summed E-state index contributed by atoms with van der Waals surface area (Å²) in [5, 5.41) is 13.4. The van der Waals surface area contributed by atoms with Crippen LogP contribution in [0.2, 0.25) is 0 Å². The molecule has 19 heavy (non-hydrogen) atoms. The molecule has 0 aliphatic heterocycles. The van der Waals surface area contributed by atoms with Gasteiger partial charge in [-0.25, -0.2) is 0 Å². The molecule has 106 valence electrons. The van der Waals surface area contributed by atoms with E-state index in [9.17, 15) is 5.11 Å². The van der Waals surface area contributed by atoms with Crippen LogP contribution in [0.5, 0.6) is 11.5 Å². The fourth-order valence-electron chi connectivity index (χ4n) is 2.50. The number of nitrogens with one attached hydrogen (secondary N) is 1. The minimum atomic E-state index is -0.496. The minimum absolute atomic E-state index is 0.496. The molecule has 0 bridgehead atoms. The van der Waals surface area contributed by atoms with Gasteiger partial charge in [0.05, 0.1) is 12.7 Å². The highest BCUT2D eigenvalue weighted by Gasteiger charge is 2.30. The van der Waals surface area contributed by atoms with E-state index < -0.39 is 5.60 Å². The Morgan fingerprint density at radius 3 is 2.58 bits per heavy atom. The first-order valence-corrected chi connectivity index (χ1v) is 6.92. The third kappa shape index (κ3) is 4.11. The van der Waals surface area contributed by atoms with Crippen LogP contribution in [0.1, 0.15) is 25.7 Å². The standard InChI is InChI=1S/C15H23NO3/c1-18-13-6-2-3-7-14(13)19-11-10-16-12-15(17)8-4-5-9-15/h2-3,6-7,16-17H,4-5,8-12H2,1H3. The summed E-state index contributed by atoms with van der Waals surface area (Å²) in [7, 11) is 1.63. The molecule has 1 saturated carbocycles. The lowest BCUT2D eigenvalue weighted by atomic mass is 10.0. The first-order valence-electron chi connectivity index (χ1n) is 6.92. The van der Waals surface area contributed by atoms with Gasteiger partial charge in [0.2, 0.25) is 0 Å². The third-order valence-electron chi connectivity index (χ3n) is 3.59. The summed E-state index contributed by atoms with van der Waals surface area (Å²) in [4.78, 5) is 0. The molecule has 1 aromatic carbocycles. The van der Waals surface area contributed by atoms with Gasteiger partial charge < -0.3 is 19.9 Å². The van der Waals surface area contributed by atoms with E-state index in [-0.39, 0.29) is 0 Å². The van der Waals surface area contributed by atoms with Gasteiger partial charge in [-0.3, -0.25) is 0 Å². The van der Waals surface area contributed by atoms with E-state index in [1.165, 1.54) is 0 Å². The van der Waals surface area contributed by atoms with Crippen molar-refractivity contribution in [1.82, 2.24) is 5.32 Å². The van der Waals surface area contributed by atoms with E-state index in [4.69, 9.17) is 9.47 Å². The van der Waals surface area contributed by atoms with E-state index in [0.29, 0.717) is 13.2 Å². The molecule has 0 saturated heterocycles. The fourth-order valence-corrected chi connectivity index (χ4v) is 2.50. The number of methoxy groups -OCH3 is 1. The zero-order valence-electron chi connectivity index (χ0n) is 11.5. The second-order valence-electron chi connectivity index (χ2n) is 5.11. The molecule has 0 heterocycles. The van der Waals surface area contributed by atoms with Gasteiger partial charge in [-0.2, -0.15) is 0 Å². The third-order valence-corrected chi connectivity index (χ3v) is 3.59. The monoisotopic (exact) mass is 265 g/mol. The Hall–Kier alpha value is -1.26. The lowest BCUT2D eigenvalue weighted by molar-refractivity contribution is 0.0471. The van der Waals surface area contributed by atoms with Gasteiger partial charge in [-0.15, -0.1) is 0 Å². The molecular weight excluding hydrogens is 242 g/mol. The largest absolute Gasteiger partial charge is 0.493 e. The number of rotatable bonds is 7. The molecular formula is C15H23NO3. The second-order valence-corrected chi connectivity index (χ2v) is 5.11. The van der Waals surface area contributed by atoms with E-state index in [0.717, 1.165) is 43.7 Å². The van der Waals surface area contributed by atoms with Gasteiger partial charge in [0.15, 0.2) is 11.5 Å². The summed E-state index contributed by atoms with van der Waals surface area (Å²) >= 11 is 0. The second kappa shape index (κ2) is 6.78. The van der Waals surface area contributed by atoms with Crippen molar-refractivity contribution in [3.63, 3.8) is 0 Å². The number of para-hydroxylation sites is 2. The average molecular weight is 265 g/mol. The molecule has 4 nitrogen and oxygen atoms in total. The Balaban J connectivity index is 1.66. The maximum atomic E-state index is 10.2. The van der Waals surface area contributed by atoms with Crippen LogP contribution in [0, 0.1) is 0 Å². The molecule has 2 rings (SSSR count). The minimum Gasteiger partial charge on any atom is -0.493 e. The van der Waals surface area contributed by atoms with Crippen molar-refractivity contribution in [2.45, 2.75) is 31.3 Å². The summed E-state index contributed by atoms with van der Waals surface area (Å²) in [6, 6.07) is 7.61. The van der Waals surface area contributed by atoms with Crippen LogP contribution in [0.4, 0.5) is 0 Å². The molecule has 1 aliphatic carbocycles. The van der Waals surface area contributed by atoms with Crippen LogP contribution in [0.15, 0.2) is 24.3 Å². The molecule has 0 atom stereocenters. The Kier molecular flexibility index (Phi) is 5.05. The van der Waals surface area contributed by atoms with Crippen LogP contribution in [0.25, 0.3) is 0 Å². The summed E-state index contributed by atoms with van der Waals surface area (Å²) in [5.41, 5.74) is -0.496. The van der Waals surface area contributed by atoms with E-state index in [1.807, 2.05) is 24.3 Å². The predicted octanol–water partition coefficient (Wildman–Crippen LogP) is 1.97. The number of hydrogen-bond donors (Lipinski definition) is 2. The molecule has 4 heteroatoms. The normalized spacial score (nSPS) is 17.4. The summed E-state index contributed by atoms with van der Waals surface area (Å²) < 4.78 is 10.9. The van der Waals surface area contributed by atoms with E-state index in [2.05, 4.69) is 5.32 Å². The lowest BCUT2D eigenvalue weighted by Gasteiger charge is -2.22. The van der Waals surface area contributed by atoms with Crippen LogP contribution in [-0.2, 0) is 0 Å². The maximum absolute atomic E-state index is 10.2. The van der Waals surface area contributed by atoms with Crippen molar-refractivity contribution in [2.75, 3.05) is 26.8 Å². The molecule has 0 amide bonds. The zero-order chi connectivity index (χ0) is 13.6. The van der Waals surface area contributed by atoms with Gasteiger partial charge >= 0.3 is 0 Å². The van der Waals surface area contributed by atoms with Crippen molar-refractivity contribution >= 4 is 0 Å². The molecule has 2 N–H and O–H groups in total. The first-order chi connectivity index (χ1) is 9.23. The Morgan fingerprint density at radius 2 is 1.89 bits per heavy atom. The fraction of sp³-hybridized carbons (Fsp3) is 0.600. The molecule has 1 fully saturated rings. The Bertz CT molecular complexity index is 389. The van der Waals surface area contributed by atoms with Crippen molar-refractivity contribution in [2.24, 2.45) is 0 Å². The van der Waals surface area contributed by atoms with Crippen molar-refractivity contribution in [1.29, 1.82) is 0 Å². The topological polar surface area (TPSA) is 50.7 Å². The lowest BCUT2D eigenvalue weighted by Crippen LogP contribution is -2.39. The molecule has 0 aromatic heterocycles. The number of benzene rings is 1. The number of ether oxygens (including phenoxy) is 2. The SMILES string of the molecule is COc1ccccc1OCCNCC1(O)CCCC1. The van der Waals surface area contributed by atoms with Crippen LogP contribution in [-0.4, -0.2) is 37.5 Å². The smallest absolute Gasteiger partial charge is 0.161 e. The predicted molar refractivity (Wildman–Crippen MR) is 74.8 cm³/mol. The van der Waals surface area contributed by atoms with E-state index >= 15 is 0 Å². The van der Waals surface area contributed by atoms with Crippen LogP contribution >= 0.6 is 0 Å². The molecule has 0 spiro atoms. The highest BCUT2D eigenvalue weighted by molar-refractivity contribution is 5.39. The van der Waals surface area contributed by atoms with Crippen molar-refractivity contribution in [3.05, 3.63) is 24.3 Å². The summed E-state index contributed by atoms with van der Waals surface area (Å²) in [6.45, 7) is 1.94. The molecule has 1 aromatic rings. The van der Waals surface area contributed by atoms with Gasteiger partial charge in [-0.1, -0.05) is 25.0 Å². The average Bonchev–Trinajstić information content (AvgIpc) is 2.86. The van der Waals surface area contributed by atoms with Crippen molar-refractivity contribution < 1.29 is 14.6 Å². The highest BCUT2D eigenvalue weighted by Crippen LogP contribution is 2.28. The zero-order valence-corrected chi connectivity index (χ0v) is 11.5. The van der Waals surface area contributed by atoms with Gasteiger partial charge in [0.1, 0.15) is 6.61 Å². The summed E-state index contributed by atoms with van der Waals surface area (Å²) in [5.74, 6) is 1.50. The Morgan fingerprint density at radius 1 is 1.21 bits per heavy atom. The van der Waals surface area contributed by atoms with Crippen molar-refractivity contribution in [3.8, 4) is 11.5 Å². The van der Waals surface area contributed by atoms with Gasteiger partial charge in [-0.05, 0) is 25.0 Å². The van der Waals surface area contributed by atoms with Gasteiger partial charge in [0, 0.05) is 13.1 Å². The van der Waals surface area contributed by atoms with E-state index in [1.54, 1.807) is 7.11 Å². The quantitative estimate of drug-likeness (QED) is 0.740. The number of hydrogen-bond acceptors (Lipinski definition) is 4. The first kappa shape index (κ1) is 14.2. The number of aliphatic hydroxyl groups is 1. The van der Waals surface area contributed by atoms with Gasteiger partial charge in [0.25, 0.3) is 0 Å². The maximum Gasteiger partial charge on any atom is 0.161 e. The molecule has 0 unspecified atom stereocenters. The highest BCUT2D eigenvalue weighted by atomic mass is 16.5. The summed E-state index contributed by atoms with van der Waals surface area (Å²) in [6.07, 6.45) is 4.09. The van der Waals surface area contributed by atoms with Crippen LogP contribution in [0.3, 0.4) is 0 Å². The molecule has 0 radical (unpaired) electrons.